The molecule has 5 rings (SSSR count). The molecule has 0 saturated heterocycles. The predicted molar refractivity (Wildman–Crippen MR) is 138 cm³/mol. The largest absolute Gasteiger partial charge is 0.309 e. The Kier molecular flexibility index (Phi) is 6.58. The van der Waals surface area contributed by atoms with Crippen LogP contribution in [0.25, 0.3) is 11.3 Å². The Morgan fingerprint density at radius 1 is 1.05 bits per heavy atom. The maximum Gasteiger partial charge on any atom is 0.267 e. The van der Waals surface area contributed by atoms with Gasteiger partial charge in [0.25, 0.3) is 10.0 Å². The highest BCUT2D eigenvalue weighted by Gasteiger charge is 2.39. The van der Waals surface area contributed by atoms with E-state index in [2.05, 4.69) is 11.1 Å². The van der Waals surface area contributed by atoms with Gasteiger partial charge in [0.15, 0.2) is 0 Å². The Labute approximate surface area is 215 Å². The van der Waals surface area contributed by atoms with E-state index < -0.39 is 26.6 Å². The number of hydrogen-bond donors (Lipinski definition) is 1. The van der Waals surface area contributed by atoms with Gasteiger partial charge in [-0.1, -0.05) is 25.1 Å². The normalized spacial score (nSPS) is 18.4. The van der Waals surface area contributed by atoms with Crippen molar-refractivity contribution in [3.05, 3.63) is 77.2 Å². The lowest BCUT2D eigenvalue weighted by molar-refractivity contribution is -0.122. The molecular formula is C28H28FN3O4S. The minimum absolute atomic E-state index is 0.0116. The summed E-state index contributed by atoms with van der Waals surface area (Å²) in [7, 11) is -4.41. The van der Waals surface area contributed by atoms with E-state index in [0.29, 0.717) is 36.9 Å². The molecule has 0 unspecified atom stereocenters. The molecule has 7 nitrogen and oxygen atoms in total. The zero-order chi connectivity index (χ0) is 26.3. The molecule has 1 aliphatic heterocycles. The number of sulfonamides is 1. The molecule has 0 bridgehead atoms. The van der Waals surface area contributed by atoms with Gasteiger partial charge in [-0.05, 0) is 79.6 Å². The van der Waals surface area contributed by atoms with Gasteiger partial charge in [0, 0.05) is 35.8 Å². The van der Waals surface area contributed by atoms with Crippen LogP contribution in [0.1, 0.15) is 43.4 Å². The van der Waals surface area contributed by atoms with Crippen molar-refractivity contribution >= 4 is 27.5 Å². The highest BCUT2D eigenvalue weighted by Crippen LogP contribution is 2.39. The van der Waals surface area contributed by atoms with Crippen molar-refractivity contribution in [1.82, 2.24) is 9.71 Å². The topological polar surface area (TPSA) is 96.4 Å². The first-order valence-electron chi connectivity index (χ1n) is 12.4. The molecule has 2 heterocycles. The third-order valence-electron chi connectivity index (χ3n) is 7.05. The van der Waals surface area contributed by atoms with E-state index in [1.165, 1.54) is 12.1 Å². The number of rotatable bonds is 6. The van der Waals surface area contributed by atoms with E-state index in [1.54, 1.807) is 18.0 Å². The van der Waals surface area contributed by atoms with Gasteiger partial charge in [-0.2, -0.15) is 0 Å². The van der Waals surface area contributed by atoms with E-state index >= 15 is 0 Å². The van der Waals surface area contributed by atoms with Gasteiger partial charge in [-0.3, -0.25) is 14.6 Å². The fraction of sp³-hybridized carbons (Fsp3) is 0.321. The van der Waals surface area contributed by atoms with E-state index in [-0.39, 0.29) is 24.3 Å². The van der Waals surface area contributed by atoms with E-state index in [4.69, 9.17) is 0 Å². The second-order valence-electron chi connectivity index (χ2n) is 9.76. The number of pyridine rings is 1. The maximum atomic E-state index is 14.9. The van der Waals surface area contributed by atoms with Gasteiger partial charge >= 0.3 is 0 Å². The Morgan fingerprint density at radius 3 is 2.57 bits per heavy atom. The Balaban J connectivity index is 1.41. The maximum absolute atomic E-state index is 14.9. The number of hydrogen-bond acceptors (Lipinski definition) is 5. The number of aromatic nitrogens is 1. The van der Waals surface area contributed by atoms with Crippen molar-refractivity contribution in [2.45, 2.75) is 56.9 Å². The quantitative estimate of drug-likeness (QED) is 0.525. The van der Waals surface area contributed by atoms with Crippen LogP contribution in [0, 0.1) is 11.7 Å². The van der Waals surface area contributed by atoms with Crippen molar-refractivity contribution in [2.24, 2.45) is 5.92 Å². The predicted octanol–water partition coefficient (Wildman–Crippen LogP) is 4.19. The molecule has 2 aliphatic rings. The van der Waals surface area contributed by atoms with Crippen molar-refractivity contribution in [2.75, 3.05) is 4.90 Å². The Bertz CT molecular complexity index is 1490. The summed E-state index contributed by atoms with van der Waals surface area (Å²) in [6, 6.07) is 14.0. The first-order chi connectivity index (χ1) is 17.7. The fourth-order valence-electron chi connectivity index (χ4n) is 5.33. The summed E-state index contributed by atoms with van der Waals surface area (Å²) in [5, 5.41) is 0. The van der Waals surface area contributed by atoms with Crippen LogP contribution in [0.3, 0.4) is 0 Å². The molecule has 2 amide bonds. The summed E-state index contributed by atoms with van der Waals surface area (Å²) in [6.07, 6.45) is 3.78. The molecule has 1 aromatic heterocycles. The molecule has 9 heteroatoms. The molecule has 0 radical (unpaired) electrons. The first-order valence-corrected chi connectivity index (χ1v) is 13.9. The minimum Gasteiger partial charge on any atom is -0.309 e. The minimum atomic E-state index is -4.41. The summed E-state index contributed by atoms with van der Waals surface area (Å²) in [4.78, 5) is 31.0. The van der Waals surface area contributed by atoms with Gasteiger partial charge in [-0.25, -0.2) is 17.5 Å². The zero-order valence-corrected chi connectivity index (χ0v) is 21.5. The smallest absolute Gasteiger partial charge is 0.267 e. The lowest BCUT2D eigenvalue weighted by Gasteiger charge is -2.26. The summed E-state index contributed by atoms with van der Waals surface area (Å²) in [5.41, 5.74) is 5.00. The van der Waals surface area contributed by atoms with Gasteiger partial charge in [0.05, 0.1) is 5.69 Å². The summed E-state index contributed by atoms with van der Waals surface area (Å²) >= 11 is 0. The molecule has 192 valence electrons. The lowest BCUT2D eigenvalue weighted by atomic mass is 10.0. The standard InChI is InChI=1S/C28H28FN3O4S/c1-3-6-27(33)31-37(35,36)26-16-25-21(15-23(26)29)11-17(2)32(25)28(34)22-12-18-8-9-19(13-20(18)14-22)24-7-4-5-10-30-24/h4-5,7-10,13,15-17,22H,3,6,11-12,14H2,1-2H3,(H,31,33)/t17-,22-/m1/s1. The van der Waals surface area contributed by atoms with Gasteiger partial charge < -0.3 is 4.90 Å². The van der Waals surface area contributed by atoms with Crippen LogP contribution in [0.4, 0.5) is 10.1 Å². The van der Waals surface area contributed by atoms with Gasteiger partial charge in [-0.15, -0.1) is 0 Å². The van der Waals surface area contributed by atoms with E-state index in [0.717, 1.165) is 22.4 Å². The Morgan fingerprint density at radius 2 is 1.84 bits per heavy atom. The van der Waals surface area contributed by atoms with Crippen LogP contribution >= 0.6 is 0 Å². The monoisotopic (exact) mass is 521 g/mol. The SMILES string of the molecule is CCCC(=O)NS(=O)(=O)c1cc2c(cc1F)C[C@@H](C)N2C(=O)[C@@H]1Cc2ccc(-c3ccccn3)cc2C1. The number of amides is 2. The van der Waals surface area contributed by atoms with Crippen LogP contribution in [0.2, 0.25) is 0 Å². The number of nitrogens with one attached hydrogen (secondary N) is 1. The summed E-state index contributed by atoms with van der Waals surface area (Å²) < 4.78 is 42.3. The number of benzene rings is 2. The molecule has 2 aromatic carbocycles. The second-order valence-corrected chi connectivity index (χ2v) is 11.4. The van der Waals surface area contributed by atoms with E-state index in [9.17, 15) is 22.4 Å². The highest BCUT2D eigenvalue weighted by molar-refractivity contribution is 7.90. The fourth-order valence-corrected chi connectivity index (χ4v) is 6.42. The number of halogens is 1. The average Bonchev–Trinajstić information content (AvgIpc) is 3.42. The molecule has 0 saturated carbocycles. The Hall–Kier alpha value is -3.59. The number of nitrogens with zero attached hydrogens (tertiary/aromatic N) is 2. The number of fused-ring (bicyclic) bond motifs is 2. The van der Waals surface area contributed by atoms with Crippen LogP contribution in [-0.2, 0) is 38.9 Å². The van der Waals surface area contributed by atoms with Crippen LogP contribution < -0.4 is 9.62 Å². The molecule has 3 aromatic rings. The van der Waals surface area contributed by atoms with Crippen molar-refractivity contribution < 1.29 is 22.4 Å². The molecule has 0 spiro atoms. The van der Waals surface area contributed by atoms with Crippen LogP contribution in [0.5, 0.6) is 0 Å². The molecule has 37 heavy (non-hydrogen) atoms. The van der Waals surface area contributed by atoms with Crippen molar-refractivity contribution in [3.63, 3.8) is 0 Å². The van der Waals surface area contributed by atoms with Gasteiger partial charge in [0.1, 0.15) is 10.7 Å². The van der Waals surface area contributed by atoms with Crippen LogP contribution in [-0.4, -0.2) is 31.3 Å². The zero-order valence-electron chi connectivity index (χ0n) is 20.7. The molecule has 0 fully saturated rings. The third kappa shape index (κ3) is 4.75. The van der Waals surface area contributed by atoms with Crippen LogP contribution in [0.15, 0.2) is 59.6 Å². The van der Waals surface area contributed by atoms with Gasteiger partial charge in [0.2, 0.25) is 11.8 Å². The second kappa shape index (κ2) is 9.70. The molecule has 1 aliphatic carbocycles. The average molecular weight is 522 g/mol. The number of carbonyl (C=O) groups is 2. The molecular weight excluding hydrogens is 493 g/mol. The summed E-state index contributed by atoms with van der Waals surface area (Å²) in [5.74, 6) is -2.06. The molecule has 2 atom stereocenters. The lowest BCUT2D eigenvalue weighted by Crippen LogP contribution is -2.40. The molecule has 1 N–H and O–H groups in total. The van der Waals surface area contributed by atoms with Crippen molar-refractivity contribution in [3.8, 4) is 11.3 Å². The third-order valence-corrected chi connectivity index (χ3v) is 8.44. The number of carbonyl (C=O) groups excluding carboxylic acids is 2. The van der Waals surface area contributed by atoms with E-state index in [1.807, 2.05) is 42.0 Å². The summed E-state index contributed by atoms with van der Waals surface area (Å²) in [6.45, 7) is 3.61. The highest BCUT2D eigenvalue weighted by atomic mass is 32.2. The number of anilines is 1. The van der Waals surface area contributed by atoms with Crippen molar-refractivity contribution in [1.29, 1.82) is 0 Å². The first kappa shape index (κ1) is 25.1.